The van der Waals surface area contributed by atoms with Crippen molar-refractivity contribution in [3.05, 3.63) is 94.4 Å². The standard InChI is InChI=1S/C34H40N4O4SSi/c1-8-26-19-24(3)32-28(15-16-38(32)43(39,40)27-12-9-23(2)10-13-27)31(26)33(41-4)34-36-29-20-25(21-35)11-14-30(29)37(34)22-42-17-18-44(5,6)7/h9-16,19-20,33H,8,17-18,22H2,1-7H3. The summed E-state index contributed by atoms with van der Waals surface area (Å²) in [5, 5.41) is 10.3. The monoisotopic (exact) mass is 628 g/mol. The zero-order chi connectivity index (χ0) is 31.8. The molecule has 230 valence electrons. The third kappa shape index (κ3) is 5.97. The van der Waals surface area contributed by atoms with Crippen LogP contribution in [0.4, 0.5) is 0 Å². The number of benzene rings is 3. The molecule has 0 saturated heterocycles. The molecule has 1 unspecified atom stereocenters. The first kappa shape index (κ1) is 31.7. The maximum atomic E-state index is 13.9. The minimum Gasteiger partial charge on any atom is -0.369 e. The quantitative estimate of drug-likeness (QED) is 0.112. The molecule has 0 spiro atoms. The van der Waals surface area contributed by atoms with E-state index < -0.39 is 24.2 Å². The molecule has 0 saturated carbocycles. The lowest BCUT2D eigenvalue weighted by molar-refractivity contribution is 0.0740. The molecule has 2 aromatic heterocycles. The number of aromatic nitrogens is 3. The number of rotatable bonds is 11. The van der Waals surface area contributed by atoms with Crippen molar-refractivity contribution in [1.82, 2.24) is 13.5 Å². The van der Waals surface area contributed by atoms with E-state index in [0.717, 1.165) is 39.2 Å². The summed E-state index contributed by atoms with van der Waals surface area (Å²) in [5.41, 5.74) is 6.41. The molecular weight excluding hydrogens is 589 g/mol. The third-order valence-corrected chi connectivity index (χ3v) is 11.5. The zero-order valence-electron chi connectivity index (χ0n) is 26.5. The molecule has 2 heterocycles. The van der Waals surface area contributed by atoms with E-state index in [1.165, 1.54) is 3.97 Å². The topological polar surface area (TPSA) is 99.1 Å². The van der Waals surface area contributed by atoms with Crippen molar-refractivity contribution in [3.8, 4) is 6.07 Å². The van der Waals surface area contributed by atoms with Crippen molar-refractivity contribution >= 4 is 40.0 Å². The second kappa shape index (κ2) is 12.3. The van der Waals surface area contributed by atoms with E-state index in [0.29, 0.717) is 35.4 Å². The molecule has 5 aromatic rings. The van der Waals surface area contributed by atoms with Crippen LogP contribution in [0.25, 0.3) is 21.9 Å². The van der Waals surface area contributed by atoms with Gasteiger partial charge in [0.05, 0.1) is 33.1 Å². The number of nitriles is 1. The van der Waals surface area contributed by atoms with E-state index in [9.17, 15) is 13.7 Å². The van der Waals surface area contributed by atoms with Gasteiger partial charge in [0.2, 0.25) is 0 Å². The molecule has 0 aliphatic carbocycles. The van der Waals surface area contributed by atoms with Crippen LogP contribution in [0.5, 0.6) is 0 Å². The molecule has 0 fully saturated rings. The first-order chi connectivity index (χ1) is 20.9. The van der Waals surface area contributed by atoms with Crippen molar-refractivity contribution in [2.75, 3.05) is 13.7 Å². The predicted molar refractivity (Wildman–Crippen MR) is 177 cm³/mol. The van der Waals surface area contributed by atoms with E-state index >= 15 is 0 Å². The summed E-state index contributed by atoms with van der Waals surface area (Å²) >= 11 is 0. The number of hydrogen-bond donors (Lipinski definition) is 0. The van der Waals surface area contributed by atoms with Gasteiger partial charge in [-0.05, 0) is 73.8 Å². The Morgan fingerprint density at radius 2 is 1.77 bits per heavy atom. The molecule has 0 radical (unpaired) electrons. The number of ether oxygens (including phenoxy) is 2. The minimum absolute atomic E-state index is 0.231. The summed E-state index contributed by atoms with van der Waals surface area (Å²) in [6.45, 7) is 13.8. The third-order valence-electron chi connectivity index (χ3n) is 8.07. The van der Waals surface area contributed by atoms with Gasteiger partial charge in [0.1, 0.15) is 18.7 Å². The lowest BCUT2D eigenvalue weighted by Crippen LogP contribution is -2.22. The second-order valence-corrected chi connectivity index (χ2v) is 19.9. The van der Waals surface area contributed by atoms with Crippen molar-refractivity contribution < 1.29 is 17.9 Å². The van der Waals surface area contributed by atoms with Crippen LogP contribution in [0.2, 0.25) is 25.7 Å². The minimum atomic E-state index is -3.85. The highest BCUT2D eigenvalue weighted by atomic mass is 32.2. The maximum absolute atomic E-state index is 13.9. The van der Waals surface area contributed by atoms with Crippen molar-refractivity contribution in [1.29, 1.82) is 5.26 Å². The summed E-state index contributed by atoms with van der Waals surface area (Å²) < 4.78 is 43.6. The highest BCUT2D eigenvalue weighted by Crippen LogP contribution is 2.38. The SMILES string of the molecule is CCc1cc(C)c2c(ccn2S(=O)(=O)c2ccc(C)cc2)c1C(OC)c1nc2cc(C#N)ccc2n1COCC[Si](C)(C)C. The molecule has 8 nitrogen and oxygen atoms in total. The normalized spacial score (nSPS) is 13.0. The number of nitrogens with zero attached hydrogens (tertiary/aromatic N) is 4. The van der Waals surface area contributed by atoms with Crippen LogP contribution in [-0.4, -0.2) is 43.7 Å². The van der Waals surface area contributed by atoms with Crippen LogP contribution in [0.3, 0.4) is 0 Å². The average molecular weight is 629 g/mol. The highest BCUT2D eigenvalue weighted by molar-refractivity contribution is 7.90. The first-order valence-corrected chi connectivity index (χ1v) is 20.0. The van der Waals surface area contributed by atoms with Gasteiger partial charge >= 0.3 is 0 Å². The second-order valence-electron chi connectivity index (χ2n) is 12.5. The fourth-order valence-corrected chi connectivity index (χ4v) is 7.83. The number of hydrogen-bond acceptors (Lipinski definition) is 6. The molecule has 0 aliphatic heterocycles. The molecule has 10 heteroatoms. The van der Waals surface area contributed by atoms with Gasteiger partial charge in [-0.3, -0.25) is 0 Å². The molecule has 1 atom stereocenters. The zero-order valence-corrected chi connectivity index (χ0v) is 28.3. The van der Waals surface area contributed by atoms with E-state index in [2.05, 4.69) is 38.7 Å². The Balaban J connectivity index is 1.69. The van der Waals surface area contributed by atoms with Gasteiger partial charge in [-0.1, -0.05) is 50.3 Å². The summed E-state index contributed by atoms with van der Waals surface area (Å²) in [5.74, 6) is 0.639. The van der Waals surface area contributed by atoms with Crippen LogP contribution >= 0.6 is 0 Å². The maximum Gasteiger partial charge on any atom is 0.268 e. The first-order valence-electron chi connectivity index (χ1n) is 14.9. The van der Waals surface area contributed by atoms with Crippen LogP contribution in [-0.2, 0) is 32.6 Å². The average Bonchev–Trinajstić information content (AvgIpc) is 3.59. The van der Waals surface area contributed by atoms with E-state index in [-0.39, 0.29) is 11.6 Å². The molecule has 0 bridgehead atoms. The fourth-order valence-electron chi connectivity index (χ4n) is 5.67. The number of aryl methyl sites for hydroxylation is 3. The molecule has 0 aliphatic rings. The Bertz CT molecular complexity index is 1980. The van der Waals surface area contributed by atoms with Crippen molar-refractivity contribution in [2.24, 2.45) is 0 Å². The Hall–Kier alpha value is -3.75. The Morgan fingerprint density at radius 3 is 2.41 bits per heavy atom. The molecular formula is C34H40N4O4SSi. The van der Waals surface area contributed by atoms with Crippen LogP contribution in [0, 0.1) is 25.2 Å². The Morgan fingerprint density at radius 1 is 1.05 bits per heavy atom. The van der Waals surface area contributed by atoms with Crippen molar-refractivity contribution in [3.63, 3.8) is 0 Å². The summed E-state index contributed by atoms with van der Waals surface area (Å²) in [6.07, 6.45) is 1.72. The lowest BCUT2D eigenvalue weighted by atomic mass is 9.93. The summed E-state index contributed by atoms with van der Waals surface area (Å²) in [7, 11) is -3.50. The molecule has 3 aromatic carbocycles. The molecule has 44 heavy (non-hydrogen) atoms. The van der Waals surface area contributed by atoms with Gasteiger partial charge in [0.25, 0.3) is 10.0 Å². The van der Waals surface area contributed by atoms with Crippen LogP contribution in [0.15, 0.2) is 65.7 Å². The Labute approximate surface area is 260 Å². The van der Waals surface area contributed by atoms with Gasteiger partial charge in [-0.25, -0.2) is 17.4 Å². The predicted octanol–water partition coefficient (Wildman–Crippen LogP) is 7.33. The van der Waals surface area contributed by atoms with E-state index in [4.69, 9.17) is 14.5 Å². The van der Waals surface area contributed by atoms with Crippen LogP contribution < -0.4 is 0 Å². The van der Waals surface area contributed by atoms with E-state index in [1.807, 2.05) is 30.5 Å². The van der Waals surface area contributed by atoms with Gasteiger partial charge < -0.3 is 14.0 Å². The van der Waals surface area contributed by atoms with Gasteiger partial charge in [-0.15, -0.1) is 0 Å². The number of methoxy groups -OCH3 is 1. The highest BCUT2D eigenvalue weighted by Gasteiger charge is 2.29. The molecule has 0 N–H and O–H groups in total. The largest absolute Gasteiger partial charge is 0.369 e. The smallest absolute Gasteiger partial charge is 0.268 e. The van der Waals surface area contributed by atoms with Gasteiger partial charge in [-0.2, -0.15) is 5.26 Å². The van der Waals surface area contributed by atoms with Crippen LogP contribution in [0.1, 0.15) is 46.7 Å². The summed E-state index contributed by atoms with van der Waals surface area (Å²) in [4.78, 5) is 5.23. The van der Waals surface area contributed by atoms with Crippen molar-refractivity contribution in [2.45, 2.75) is 70.6 Å². The number of fused-ring (bicyclic) bond motifs is 2. The molecule has 5 rings (SSSR count). The number of imidazole rings is 1. The lowest BCUT2D eigenvalue weighted by Gasteiger charge is -2.23. The Kier molecular flexibility index (Phi) is 8.87. The fraction of sp³-hybridized carbons (Fsp3) is 0.353. The van der Waals surface area contributed by atoms with E-state index in [1.54, 1.807) is 49.7 Å². The van der Waals surface area contributed by atoms with Gasteiger partial charge in [0.15, 0.2) is 0 Å². The summed E-state index contributed by atoms with van der Waals surface area (Å²) in [6, 6.07) is 19.5. The molecule has 0 amide bonds. The van der Waals surface area contributed by atoms with Gasteiger partial charge in [0, 0.05) is 38.9 Å².